The molecule has 27 heavy (non-hydrogen) atoms. The van der Waals surface area contributed by atoms with Crippen LogP contribution in [0.2, 0.25) is 0 Å². The van der Waals surface area contributed by atoms with Crippen LogP contribution in [0.15, 0.2) is 54.6 Å². The molecule has 0 aromatic heterocycles. The molecule has 0 spiro atoms. The summed E-state index contributed by atoms with van der Waals surface area (Å²) < 4.78 is 12.0. The zero-order valence-electron chi connectivity index (χ0n) is 16.6. The Morgan fingerprint density at radius 2 is 2.07 bits per heavy atom. The number of unbranched alkanes of at least 4 members (excludes halogenated alkanes) is 1. The first-order valence-corrected chi connectivity index (χ1v) is 9.96. The van der Waals surface area contributed by atoms with Gasteiger partial charge < -0.3 is 14.4 Å². The molecule has 0 aliphatic carbocycles. The van der Waals surface area contributed by atoms with E-state index in [0.717, 1.165) is 24.8 Å². The summed E-state index contributed by atoms with van der Waals surface area (Å²) in [7, 11) is 1.68. The van der Waals surface area contributed by atoms with Crippen LogP contribution in [-0.4, -0.2) is 36.3 Å². The van der Waals surface area contributed by atoms with E-state index in [1.165, 1.54) is 0 Å². The number of carbonyl (C=O) groups is 1. The van der Waals surface area contributed by atoms with Gasteiger partial charge in [0.25, 0.3) is 0 Å². The third-order valence-corrected chi connectivity index (χ3v) is 5.47. The molecule has 0 N–H and O–H groups in total. The molecule has 2 aliphatic heterocycles. The van der Waals surface area contributed by atoms with Crippen LogP contribution in [0.1, 0.15) is 51.2 Å². The predicted octanol–water partition coefficient (Wildman–Crippen LogP) is 4.64. The number of amides is 1. The topological polar surface area (TPSA) is 38.8 Å². The Kier molecular flexibility index (Phi) is 6.51. The van der Waals surface area contributed by atoms with Crippen molar-refractivity contribution in [2.45, 2.75) is 57.4 Å². The van der Waals surface area contributed by atoms with Crippen LogP contribution in [0, 0.1) is 5.92 Å². The summed E-state index contributed by atoms with van der Waals surface area (Å²) in [6.45, 7) is 4.69. The van der Waals surface area contributed by atoms with E-state index < -0.39 is 5.72 Å². The summed E-state index contributed by atoms with van der Waals surface area (Å²) in [5, 5.41) is 0. The van der Waals surface area contributed by atoms with Gasteiger partial charge in [-0.2, -0.15) is 0 Å². The van der Waals surface area contributed by atoms with E-state index >= 15 is 0 Å². The summed E-state index contributed by atoms with van der Waals surface area (Å²) in [5.74, 6) is 0.346. The highest BCUT2D eigenvalue weighted by Crippen LogP contribution is 2.47. The fourth-order valence-electron chi connectivity index (χ4n) is 4.34. The van der Waals surface area contributed by atoms with E-state index in [2.05, 4.69) is 43.4 Å². The number of carbonyl (C=O) groups excluding carboxylic acids is 1. The smallest absolute Gasteiger partial charge is 0.225 e. The van der Waals surface area contributed by atoms with Crippen molar-refractivity contribution in [2.24, 2.45) is 5.92 Å². The largest absolute Gasteiger partial charge is 0.382 e. The Morgan fingerprint density at radius 1 is 1.30 bits per heavy atom. The number of hydrogen-bond acceptors (Lipinski definition) is 3. The molecular formula is C23H31NO3. The highest BCUT2D eigenvalue weighted by molar-refractivity contribution is 5.79. The van der Waals surface area contributed by atoms with Crippen molar-refractivity contribution in [2.75, 3.05) is 13.7 Å². The van der Waals surface area contributed by atoms with Gasteiger partial charge in [-0.05, 0) is 24.8 Å². The van der Waals surface area contributed by atoms with Crippen LogP contribution in [0.3, 0.4) is 0 Å². The van der Waals surface area contributed by atoms with Gasteiger partial charge in [0.05, 0.1) is 12.6 Å². The van der Waals surface area contributed by atoms with Crippen molar-refractivity contribution in [3.8, 4) is 0 Å². The maximum absolute atomic E-state index is 13.0. The predicted molar refractivity (Wildman–Crippen MR) is 107 cm³/mol. The molecule has 1 amide bonds. The monoisotopic (exact) mass is 369 g/mol. The van der Waals surface area contributed by atoms with E-state index in [9.17, 15) is 4.79 Å². The van der Waals surface area contributed by atoms with Gasteiger partial charge in [-0.15, -0.1) is 0 Å². The van der Waals surface area contributed by atoms with Crippen molar-refractivity contribution in [3.63, 3.8) is 0 Å². The number of hydrogen-bond donors (Lipinski definition) is 0. The summed E-state index contributed by atoms with van der Waals surface area (Å²) in [6.07, 6.45) is 11.9. The lowest BCUT2D eigenvalue weighted by Gasteiger charge is -2.42. The summed E-state index contributed by atoms with van der Waals surface area (Å²) in [5.41, 5.74) is 0.499. The summed E-state index contributed by atoms with van der Waals surface area (Å²) >= 11 is 0. The second kappa shape index (κ2) is 8.85. The van der Waals surface area contributed by atoms with Gasteiger partial charge in [0.1, 0.15) is 11.8 Å². The van der Waals surface area contributed by atoms with Gasteiger partial charge in [0, 0.05) is 20.0 Å². The number of allylic oxidation sites excluding steroid dienone is 4. The Labute approximate surface area is 162 Å². The van der Waals surface area contributed by atoms with E-state index in [4.69, 9.17) is 9.47 Å². The average molecular weight is 370 g/mol. The Morgan fingerprint density at radius 3 is 2.78 bits per heavy atom. The van der Waals surface area contributed by atoms with Gasteiger partial charge in [0.15, 0.2) is 0 Å². The highest BCUT2D eigenvalue weighted by atomic mass is 16.6. The zero-order chi connectivity index (χ0) is 19.3. The van der Waals surface area contributed by atoms with Crippen molar-refractivity contribution in [1.29, 1.82) is 0 Å². The fraction of sp³-hybridized carbons (Fsp3) is 0.522. The first-order chi connectivity index (χ1) is 13.1. The molecule has 146 valence electrons. The maximum atomic E-state index is 13.0. The van der Waals surface area contributed by atoms with E-state index in [-0.39, 0.29) is 24.0 Å². The zero-order valence-corrected chi connectivity index (χ0v) is 16.6. The van der Waals surface area contributed by atoms with E-state index in [0.29, 0.717) is 13.0 Å². The molecule has 2 aliphatic rings. The third kappa shape index (κ3) is 4.33. The number of benzene rings is 1. The lowest BCUT2D eigenvalue weighted by Crippen LogP contribution is -2.55. The standard InChI is InChI=1S/C23H31NO3/c1-4-5-6-7-9-12-18-15-21(25)24-20(17-26-3)22(27-23(24,2)16-18)19-13-10-8-11-14-19/h6-14,18,20,22H,4-5,15-17H2,1-3H3/b7-6-,12-9+/t18-,20+,22+,23-/m1/s1. The van der Waals surface area contributed by atoms with Crippen LogP contribution in [0.4, 0.5) is 0 Å². The minimum absolute atomic E-state index is 0.0933. The molecule has 4 atom stereocenters. The molecule has 0 unspecified atom stereocenters. The highest BCUT2D eigenvalue weighted by Gasteiger charge is 2.55. The van der Waals surface area contributed by atoms with Crippen LogP contribution >= 0.6 is 0 Å². The average Bonchev–Trinajstić information content (AvgIpc) is 2.95. The molecule has 4 nitrogen and oxygen atoms in total. The molecule has 4 heteroatoms. The van der Waals surface area contributed by atoms with E-state index in [1.807, 2.05) is 30.0 Å². The fourth-order valence-corrected chi connectivity index (χ4v) is 4.34. The Bertz CT molecular complexity index is 684. The van der Waals surface area contributed by atoms with Crippen molar-refractivity contribution < 1.29 is 14.3 Å². The van der Waals surface area contributed by atoms with Crippen molar-refractivity contribution >= 4 is 5.91 Å². The van der Waals surface area contributed by atoms with Crippen LogP contribution < -0.4 is 0 Å². The maximum Gasteiger partial charge on any atom is 0.225 e. The molecule has 3 rings (SSSR count). The number of fused-ring (bicyclic) bond motifs is 1. The Balaban J connectivity index is 1.80. The molecule has 0 radical (unpaired) electrons. The van der Waals surface area contributed by atoms with Gasteiger partial charge in [-0.1, -0.05) is 68.0 Å². The molecule has 0 saturated carbocycles. The normalized spacial score (nSPS) is 31.1. The van der Waals surface area contributed by atoms with E-state index in [1.54, 1.807) is 7.11 Å². The number of ether oxygens (including phenoxy) is 2. The molecular weight excluding hydrogens is 338 g/mol. The summed E-state index contributed by atoms with van der Waals surface area (Å²) in [4.78, 5) is 15.0. The summed E-state index contributed by atoms with van der Waals surface area (Å²) in [6, 6.07) is 10.1. The minimum Gasteiger partial charge on any atom is -0.382 e. The third-order valence-electron chi connectivity index (χ3n) is 5.47. The minimum atomic E-state index is -0.596. The molecule has 2 saturated heterocycles. The first-order valence-electron chi connectivity index (χ1n) is 9.96. The van der Waals surface area contributed by atoms with Crippen molar-refractivity contribution in [3.05, 3.63) is 60.2 Å². The van der Waals surface area contributed by atoms with Crippen LogP contribution in [-0.2, 0) is 14.3 Å². The lowest BCUT2D eigenvalue weighted by molar-refractivity contribution is -0.163. The lowest BCUT2D eigenvalue weighted by atomic mass is 9.87. The van der Waals surface area contributed by atoms with Gasteiger partial charge in [-0.3, -0.25) is 4.79 Å². The van der Waals surface area contributed by atoms with Gasteiger partial charge >= 0.3 is 0 Å². The van der Waals surface area contributed by atoms with Gasteiger partial charge in [0.2, 0.25) is 5.91 Å². The number of methoxy groups -OCH3 is 1. The molecule has 1 aromatic carbocycles. The number of rotatable bonds is 7. The quantitative estimate of drug-likeness (QED) is 0.657. The first kappa shape index (κ1) is 19.8. The van der Waals surface area contributed by atoms with Crippen molar-refractivity contribution in [1.82, 2.24) is 4.90 Å². The molecule has 1 aromatic rings. The van der Waals surface area contributed by atoms with Crippen LogP contribution in [0.25, 0.3) is 0 Å². The second-order valence-corrected chi connectivity index (χ2v) is 7.68. The molecule has 2 fully saturated rings. The SMILES string of the molecule is CCC/C=C\C=C\[C@@H]1CC(=O)N2[C@@H](COC)[C@H](c3ccccc3)O[C@]2(C)C1. The molecule has 0 bridgehead atoms. The number of nitrogens with zero attached hydrogens (tertiary/aromatic N) is 1. The molecule has 2 heterocycles. The van der Waals surface area contributed by atoms with Gasteiger partial charge in [-0.25, -0.2) is 0 Å². The second-order valence-electron chi connectivity index (χ2n) is 7.68. The number of piperidine rings is 1. The Hall–Kier alpha value is -1.91. The van der Waals surface area contributed by atoms with Crippen LogP contribution in [0.5, 0.6) is 0 Å².